The quantitative estimate of drug-likeness (QED) is 0.865. The normalized spacial score (nSPS) is 18.2. The molecule has 0 bridgehead atoms. The van der Waals surface area contributed by atoms with E-state index in [9.17, 15) is 4.79 Å². The van der Waals surface area contributed by atoms with Gasteiger partial charge in [-0.3, -0.25) is 4.79 Å². The Balaban J connectivity index is 1.80. The number of carbonyl (C=O) groups is 1. The Hall–Kier alpha value is -1.39. The SMILES string of the molecule is CN(Cc1cccc(CN)c1)C(=O)CCC1CCCO1. The highest BCUT2D eigenvalue weighted by Crippen LogP contribution is 2.17. The lowest BCUT2D eigenvalue weighted by Crippen LogP contribution is -2.27. The molecule has 1 aliphatic heterocycles. The zero-order chi connectivity index (χ0) is 14.4. The molecule has 0 aromatic heterocycles. The van der Waals surface area contributed by atoms with Crippen LogP contribution in [0.25, 0.3) is 0 Å². The van der Waals surface area contributed by atoms with Gasteiger partial charge < -0.3 is 15.4 Å². The zero-order valence-corrected chi connectivity index (χ0v) is 12.2. The first-order valence-corrected chi connectivity index (χ1v) is 7.32. The zero-order valence-electron chi connectivity index (χ0n) is 12.2. The van der Waals surface area contributed by atoms with E-state index in [4.69, 9.17) is 10.5 Å². The van der Waals surface area contributed by atoms with Crippen molar-refractivity contribution in [3.8, 4) is 0 Å². The van der Waals surface area contributed by atoms with Gasteiger partial charge in [0, 0.05) is 33.2 Å². The van der Waals surface area contributed by atoms with Crippen LogP contribution in [-0.2, 0) is 22.6 Å². The molecule has 2 N–H and O–H groups in total. The molecule has 1 fully saturated rings. The van der Waals surface area contributed by atoms with Crippen molar-refractivity contribution in [3.63, 3.8) is 0 Å². The highest BCUT2D eigenvalue weighted by atomic mass is 16.5. The van der Waals surface area contributed by atoms with Crippen LogP contribution in [0.3, 0.4) is 0 Å². The molecule has 1 saturated heterocycles. The summed E-state index contributed by atoms with van der Waals surface area (Å²) in [5.74, 6) is 0.179. The summed E-state index contributed by atoms with van der Waals surface area (Å²) in [6.45, 7) is 2.02. The minimum atomic E-state index is 0.179. The summed E-state index contributed by atoms with van der Waals surface area (Å²) in [6, 6.07) is 8.08. The molecule has 1 unspecified atom stereocenters. The molecule has 0 spiro atoms. The first-order chi connectivity index (χ1) is 9.69. The molecular formula is C16H24N2O2. The van der Waals surface area contributed by atoms with E-state index >= 15 is 0 Å². The minimum Gasteiger partial charge on any atom is -0.378 e. The Bertz CT molecular complexity index is 442. The second-order valence-electron chi connectivity index (χ2n) is 5.45. The molecule has 1 aromatic carbocycles. The average Bonchev–Trinajstić information content (AvgIpc) is 2.98. The third kappa shape index (κ3) is 4.32. The summed E-state index contributed by atoms with van der Waals surface area (Å²) >= 11 is 0. The lowest BCUT2D eigenvalue weighted by molar-refractivity contribution is -0.131. The first kappa shape index (κ1) is 15.0. The number of hydrogen-bond acceptors (Lipinski definition) is 3. The molecule has 1 amide bonds. The van der Waals surface area contributed by atoms with Gasteiger partial charge in [0.2, 0.25) is 5.91 Å². The summed E-state index contributed by atoms with van der Waals surface area (Å²) in [5.41, 5.74) is 7.86. The molecule has 0 radical (unpaired) electrons. The third-order valence-electron chi connectivity index (χ3n) is 3.78. The standard InChI is InChI=1S/C16H24N2O2/c1-18(12-14-5-2-4-13(10-14)11-17)16(19)8-7-15-6-3-9-20-15/h2,4-5,10,15H,3,6-9,11-12,17H2,1H3. The number of nitrogens with two attached hydrogens (primary N) is 1. The molecule has 2 rings (SSSR count). The largest absolute Gasteiger partial charge is 0.378 e. The van der Waals surface area contributed by atoms with E-state index in [-0.39, 0.29) is 12.0 Å². The van der Waals surface area contributed by atoms with Gasteiger partial charge in [-0.05, 0) is 30.4 Å². The monoisotopic (exact) mass is 276 g/mol. The summed E-state index contributed by atoms with van der Waals surface area (Å²) in [6.07, 6.45) is 3.91. The minimum absolute atomic E-state index is 0.179. The lowest BCUT2D eigenvalue weighted by Gasteiger charge is -2.18. The van der Waals surface area contributed by atoms with Crippen molar-refractivity contribution < 1.29 is 9.53 Å². The number of ether oxygens (including phenoxy) is 1. The molecule has 0 aliphatic carbocycles. The Morgan fingerprint density at radius 1 is 1.45 bits per heavy atom. The van der Waals surface area contributed by atoms with Crippen molar-refractivity contribution in [1.82, 2.24) is 4.90 Å². The fraction of sp³-hybridized carbons (Fsp3) is 0.562. The molecule has 1 atom stereocenters. The first-order valence-electron chi connectivity index (χ1n) is 7.32. The number of amides is 1. The van der Waals surface area contributed by atoms with Crippen LogP contribution in [0.15, 0.2) is 24.3 Å². The second-order valence-corrected chi connectivity index (χ2v) is 5.45. The molecule has 4 heteroatoms. The molecule has 4 nitrogen and oxygen atoms in total. The van der Waals surface area contributed by atoms with Gasteiger partial charge in [-0.1, -0.05) is 24.3 Å². The fourth-order valence-electron chi connectivity index (χ4n) is 2.56. The summed E-state index contributed by atoms with van der Waals surface area (Å²) in [4.78, 5) is 13.9. The maximum Gasteiger partial charge on any atom is 0.222 e. The Morgan fingerprint density at radius 3 is 2.95 bits per heavy atom. The Kier molecular flexibility index (Phi) is 5.56. The smallest absolute Gasteiger partial charge is 0.222 e. The van der Waals surface area contributed by atoms with Crippen LogP contribution in [0.4, 0.5) is 0 Å². The molecule has 0 saturated carbocycles. The molecule has 1 heterocycles. The topological polar surface area (TPSA) is 55.6 Å². The van der Waals surface area contributed by atoms with Gasteiger partial charge >= 0.3 is 0 Å². The van der Waals surface area contributed by atoms with Gasteiger partial charge in [-0.25, -0.2) is 0 Å². The summed E-state index contributed by atoms with van der Waals surface area (Å²) in [7, 11) is 1.85. The molecule has 110 valence electrons. The van der Waals surface area contributed by atoms with Gasteiger partial charge in [0.15, 0.2) is 0 Å². The Morgan fingerprint density at radius 2 is 2.25 bits per heavy atom. The fourth-order valence-corrected chi connectivity index (χ4v) is 2.56. The van der Waals surface area contributed by atoms with Crippen LogP contribution in [0.1, 0.15) is 36.8 Å². The molecule has 1 aromatic rings. The Labute approximate surface area is 120 Å². The van der Waals surface area contributed by atoms with Crippen LogP contribution in [0, 0.1) is 0 Å². The van der Waals surface area contributed by atoms with E-state index in [1.165, 1.54) is 0 Å². The highest BCUT2D eigenvalue weighted by Gasteiger charge is 2.18. The average molecular weight is 276 g/mol. The van der Waals surface area contributed by atoms with Crippen molar-refractivity contribution in [1.29, 1.82) is 0 Å². The lowest BCUT2D eigenvalue weighted by atomic mass is 10.1. The summed E-state index contributed by atoms with van der Waals surface area (Å²) < 4.78 is 5.55. The van der Waals surface area contributed by atoms with E-state index in [0.29, 0.717) is 19.5 Å². The summed E-state index contributed by atoms with van der Waals surface area (Å²) in [5, 5.41) is 0. The van der Waals surface area contributed by atoms with Crippen molar-refractivity contribution in [2.24, 2.45) is 5.73 Å². The van der Waals surface area contributed by atoms with E-state index in [2.05, 4.69) is 6.07 Å². The van der Waals surface area contributed by atoms with Crippen molar-refractivity contribution >= 4 is 5.91 Å². The van der Waals surface area contributed by atoms with Crippen molar-refractivity contribution in [2.45, 2.75) is 44.9 Å². The number of rotatable bonds is 6. The van der Waals surface area contributed by atoms with Gasteiger partial charge in [0.05, 0.1) is 6.10 Å². The van der Waals surface area contributed by atoms with Crippen LogP contribution in [-0.4, -0.2) is 30.6 Å². The highest BCUT2D eigenvalue weighted by molar-refractivity contribution is 5.75. The van der Waals surface area contributed by atoms with Gasteiger partial charge in [-0.15, -0.1) is 0 Å². The van der Waals surface area contributed by atoms with Gasteiger partial charge in [0.1, 0.15) is 0 Å². The maximum atomic E-state index is 12.1. The van der Waals surface area contributed by atoms with Gasteiger partial charge in [0.25, 0.3) is 0 Å². The number of carbonyl (C=O) groups excluding carboxylic acids is 1. The molecule has 20 heavy (non-hydrogen) atoms. The van der Waals surface area contributed by atoms with E-state index in [1.807, 2.05) is 25.2 Å². The maximum absolute atomic E-state index is 12.1. The van der Waals surface area contributed by atoms with Crippen molar-refractivity contribution in [3.05, 3.63) is 35.4 Å². The van der Waals surface area contributed by atoms with Crippen LogP contribution in [0.5, 0.6) is 0 Å². The third-order valence-corrected chi connectivity index (χ3v) is 3.78. The molecular weight excluding hydrogens is 252 g/mol. The van der Waals surface area contributed by atoms with E-state index in [0.717, 1.165) is 37.0 Å². The predicted octanol–water partition coefficient (Wildman–Crippen LogP) is 2.06. The van der Waals surface area contributed by atoms with Crippen molar-refractivity contribution in [2.75, 3.05) is 13.7 Å². The number of benzene rings is 1. The molecule has 1 aliphatic rings. The predicted molar refractivity (Wildman–Crippen MR) is 79.0 cm³/mol. The number of hydrogen-bond donors (Lipinski definition) is 1. The number of nitrogens with zero attached hydrogens (tertiary/aromatic N) is 1. The van der Waals surface area contributed by atoms with Gasteiger partial charge in [-0.2, -0.15) is 0 Å². The van der Waals surface area contributed by atoms with Crippen LogP contribution < -0.4 is 5.73 Å². The van der Waals surface area contributed by atoms with E-state index < -0.39 is 0 Å². The van der Waals surface area contributed by atoms with Crippen LogP contribution in [0.2, 0.25) is 0 Å². The van der Waals surface area contributed by atoms with E-state index in [1.54, 1.807) is 4.90 Å². The van der Waals surface area contributed by atoms with Crippen LogP contribution >= 0.6 is 0 Å². The second kappa shape index (κ2) is 7.41.